The summed E-state index contributed by atoms with van der Waals surface area (Å²) in [6, 6.07) is 13.0. The Bertz CT molecular complexity index is 803. The lowest BCUT2D eigenvalue weighted by molar-refractivity contribution is -0.149. The van der Waals surface area contributed by atoms with Gasteiger partial charge in [-0.05, 0) is 50.1 Å². The highest BCUT2D eigenvalue weighted by atomic mass is 16.6. The van der Waals surface area contributed by atoms with E-state index < -0.39 is 5.97 Å². The van der Waals surface area contributed by atoms with E-state index in [-0.39, 0.29) is 19.1 Å². The summed E-state index contributed by atoms with van der Waals surface area (Å²) >= 11 is 0. The zero-order valence-corrected chi connectivity index (χ0v) is 16.2. The number of hydrogen-bond donors (Lipinski definition) is 0. The maximum absolute atomic E-state index is 12.4. The molecule has 0 spiro atoms. The van der Waals surface area contributed by atoms with Crippen LogP contribution in [0.1, 0.15) is 18.1 Å². The van der Waals surface area contributed by atoms with Gasteiger partial charge in [-0.2, -0.15) is 0 Å². The van der Waals surface area contributed by atoms with Crippen LogP contribution in [-0.4, -0.2) is 38.7 Å². The number of anilines is 1. The first-order valence-corrected chi connectivity index (χ1v) is 8.75. The highest BCUT2D eigenvalue weighted by Gasteiger charge is 2.18. The van der Waals surface area contributed by atoms with E-state index >= 15 is 0 Å². The van der Waals surface area contributed by atoms with Gasteiger partial charge in [0.1, 0.15) is 0 Å². The van der Waals surface area contributed by atoms with Gasteiger partial charge in [-0.25, -0.2) is 4.79 Å². The number of ether oxygens (including phenoxy) is 3. The van der Waals surface area contributed by atoms with Gasteiger partial charge in [0.25, 0.3) is 5.91 Å². The van der Waals surface area contributed by atoms with Gasteiger partial charge in [-0.15, -0.1) is 0 Å². The quantitative estimate of drug-likeness (QED) is 0.666. The van der Waals surface area contributed by atoms with Gasteiger partial charge >= 0.3 is 5.97 Å². The minimum atomic E-state index is -0.619. The first kappa shape index (κ1) is 20.3. The first-order valence-electron chi connectivity index (χ1n) is 8.75. The molecule has 0 aliphatic carbocycles. The summed E-state index contributed by atoms with van der Waals surface area (Å²) in [6.45, 7) is 5.58. The molecule has 0 saturated heterocycles. The molecule has 0 atom stereocenters. The third-order valence-electron chi connectivity index (χ3n) is 4.04. The average Bonchev–Trinajstić information content (AvgIpc) is 2.67. The molecule has 0 fully saturated rings. The predicted molar refractivity (Wildman–Crippen MR) is 103 cm³/mol. The highest BCUT2D eigenvalue weighted by molar-refractivity contribution is 5.95. The molecule has 6 nitrogen and oxygen atoms in total. The Morgan fingerprint density at radius 3 is 2.41 bits per heavy atom. The fraction of sp³-hybridized carbons (Fsp3) is 0.333. The number of carbonyl (C=O) groups excluding carboxylic acids is 2. The first-order chi connectivity index (χ1) is 13.0. The molecule has 2 aromatic carbocycles. The molecule has 0 unspecified atom stereocenters. The third-order valence-corrected chi connectivity index (χ3v) is 4.04. The standard InChI is InChI=1S/C21H25NO5/c1-5-22(17-9-7-6-8-16(17)3)20(23)13-27-21(24)14-26-18-11-10-15(2)12-19(18)25-4/h6-12H,5,13-14H2,1-4H3. The minimum absolute atomic E-state index is 0.284. The zero-order valence-electron chi connectivity index (χ0n) is 16.2. The van der Waals surface area contributed by atoms with Gasteiger partial charge in [0.05, 0.1) is 7.11 Å². The van der Waals surface area contributed by atoms with Crippen molar-refractivity contribution in [2.45, 2.75) is 20.8 Å². The molecule has 0 aromatic heterocycles. The fourth-order valence-electron chi connectivity index (χ4n) is 2.64. The molecule has 0 saturated carbocycles. The normalized spacial score (nSPS) is 10.2. The van der Waals surface area contributed by atoms with Gasteiger partial charge in [-0.3, -0.25) is 4.79 Å². The molecule has 0 N–H and O–H groups in total. The second-order valence-electron chi connectivity index (χ2n) is 6.03. The van der Waals surface area contributed by atoms with Crippen LogP contribution in [0.25, 0.3) is 0 Å². The Kier molecular flexibility index (Phi) is 7.23. The summed E-state index contributed by atoms with van der Waals surface area (Å²) in [7, 11) is 1.53. The summed E-state index contributed by atoms with van der Waals surface area (Å²) in [4.78, 5) is 26.0. The lowest BCUT2D eigenvalue weighted by Crippen LogP contribution is -2.35. The van der Waals surface area contributed by atoms with Crippen LogP contribution in [-0.2, 0) is 14.3 Å². The summed E-state index contributed by atoms with van der Waals surface area (Å²) in [5, 5.41) is 0. The van der Waals surface area contributed by atoms with E-state index in [4.69, 9.17) is 14.2 Å². The molecule has 1 amide bonds. The molecule has 144 valence electrons. The number of benzene rings is 2. The topological polar surface area (TPSA) is 65.1 Å². The van der Waals surface area contributed by atoms with Crippen molar-refractivity contribution in [3.8, 4) is 11.5 Å². The van der Waals surface area contributed by atoms with Crippen LogP contribution in [0.4, 0.5) is 5.69 Å². The monoisotopic (exact) mass is 371 g/mol. The van der Waals surface area contributed by atoms with Crippen LogP contribution in [0.2, 0.25) is 0 Å². The van der Waals surface area contributed by atoms with Crippen molar-refractivity contribution in [2.24, 2.45) is 0 Å². The molecule has 0 aliphatic rings. The fourth-order valence-corrected chi connectivity index (χ4v) is 2.64. The molecule has 0 radical (unpaired) electrons. The molecular weight excluding hydrogens is 346 g/mol. The Hall–Kier alpha value is -3.02. The number of amides is 1. The number of aryl methyl sites for hydroxylation is 2. The Balaban J connectivity index is 1.89. The van der Waals surface area contributed by atoms with Crippen molar-refractivity contribution < 1.29 is 23.8 Å². The summed E-state index contributed by atoms with van der Waals surface area (Å²) in [6.07, 6.45) is 0. The van der Waals surface area contributed by atoms with E-state index in [1.165, 1.54) is 7.11 Å². The van der Waals surface area contributed by atoms with Crippen molar-refractivity contribution in [1.82, 2.24) is 0 Å². The van der Waals surface area contributed by atoms with Crippen LogP contribution in [0.3, 0.4) is 0 Å². The zero-order chi connectivity index (χ0) is 19.8. The second kappa shape index (κ2) is 9.62. The molecular formula is C21H25NO5. The number of rotatable bonds is 8. The van der Waals surface area contributed by atoms with Crippen LogP contribution in [0, 0.1) is 13.8 Å². The second-order valence-corrected chi connectivity index (χ2v) is 6.03. The number of para-hydroxylation sites is 1. The number of carbonyl (C=O) groups is 2. The van der Waals surface area contributed by atoms with Gasteiger partial charge < -0.3 is 19.1 Å². The summed E-state index contributed by atoms with van der Waals surface area (Å²) in [5.74, 6) is 0.0805. The number of likely N-dealkylation sites (N-methyl/N-ethyl adjacent to an activating group) is 1. The van der Waals surface area contributed by atoms with E-state index in [1.54, 1.807) is 11.0 Å². The molecule has 27 heavy (non-hydrogen) atoms. The van der Waals surface area contributed by atoms with Crippen LogP contribution >= 0.6 is 0 Å². The average molecular weight is 371 g/mol. The van der Waals surface area contributed by atoms with E-state index in [0.717, 1.165) is 16.8 Å². The van der Waals surface area contributed by atoms with Crippen molar-refractivity contribution >= 4 is 17.6 Å². The molecule has 0 bridgehead atoms. The molecule has 2 aromatic rings. The van der Waals surface area contributed by atoms with E-state index in [0.29, 0.717) is 18.0 Å². The van der Waals surface area contributed by atoms with E-state index in [1.807, 2.05) is 57.2 Å². The predicted octanol–water partition coefficient (Wildman–Crippen LogP) is 3.29. The SMILES string of the molecule is CCN(C(=O)COC(=O)COc1ccc(C)cc1OC)c1ccccc1C. The van der Waals surface area contributed by atoms with Crippen molar-refractivity contribution in [3.05, 3.63) is 53.6 Å². The maximum Gasteiger partial charge on any atom is 0.344 e. The number of esters is 1. The van der Waals surface area contributed by atoms with E-state index in [9.17, 15) is 9.59 Å². The van der Waals surface area contributed by atoms with Gasteiger partial charge in [0.15, 0.2) is 24.7 Å². The summed E-state index contributed by atoms with van der Waals surface area (Å²) in [5.41, 5.74) is 2.80. The van der Waals surface area contributed by atoms with Gasteiger partial charge in [0.2, 0.25) is 0 Å². The van der Waals surface area contributed by atoms with Crippen LogP contribution in [0.15, 0.2) is 42.5 Å². The highest BCUT2D eigenvalue weighted by Crippen LogP contribution is 2.27. The van der Waals surface area contributed by atoms with Crippen LogP contribution < -0.4 is 14.4 Å². The molecule has 2 rings (SSSR count). The van der Waals surface area contributed by atoms with Crippen molar-refractivity contribution in [1.29, 1.82) is 0 Å². The molecule has 0 aliphatic heterocycles. The maximum atomic E-state index is 12.4. The Morgan fingerprint density at radius 1 is 1.00 bits per heavy atom. The smallest absolute Gasteiger partial charge is 0.344 e. The number of nitrogens with zero attached hydrogens (tertiary/aromatic N) is 1. The third kappa shape index (κ3) is 5.48. The minimum Gasteiger partial charge on any atom is -0.493 e. The number of hydrogen-bond acceptors (Lipinski definition) is 5. The lowest BCUT2D eigenvalue weighted by Gasteiger charge is -2.22. The van der Waals surface area contributed by atoms with Crippen LogP contribution in [0.5, 0.6) is 11.5 Å². The Labute approximate surface area is 159 Å². The van der Waals surface area contributed by atoms with Gasteiger partial charge in [0, 0.05) is 12.2 Å². The number of methoxy groups -OCH3 is 1. The van der Waals surface area contributed by atoms with Crippen molar-refractivity contribution in [3.63, 3.8) is 0 Å². The van der Waals surface area contributed by atoms with E-state index in [2.05, 4.69) is 0 Å². The van der Waals surface area contributed by atoms with Gasteiger partial charge in [-0.1, -0.05) is 24.3 Å². The molecule has 0 heterocycles. The largest absolute Gasteiger partial charge is 0.493 e. The molecule has 6 heteroatoms. The van der Waals surface area contributed by atoms with Crippen molar-refractivity contribution in [2.75, 3.05) is 31.8 Å². The lowest BCUT2D eigenvalue weighted by atomic mass is 10.2. The Morgan fingerprint density at radius 2 is 1.74 bits per heavy atom. The summed E-state index contributed by atoms with van der Waals surface area (Å²) < 4.78 is 15.7.